The topological polar surface area (TPSA) is 300 Å². The van der Waals surface area contributed by atoms with Crippen molar-refractivity contribution in [1.82, 2.24) is 54.8 Å². The number of aromatic nitrogens is 10. The molecule has 8 aromatic rings. The van der Waals surface area contributed by atoms with E-state index >= 15 is 0 Å². The zero-order valence-corrected chi connectivity index (χ0v) is 42.4. The van der Waals surface area contributed by atoms with E-state index in [1.807, 2.05) is 0 Å². The van der Waals surface area contributed by atoms with Crippen molar-refractivity contribution < 1.29 is 28.7 Å². The van der Waals surface area contributed by atoms with E-state index in [1.54, 1.807) is 91.4 Å². The summed E-state index contributed by atoms with van der Waals surface area (Å²) in [5.41, 5.74) is 9.59. The number of halogens is 4. The summed E-state index contributed by atoms with van der Waals surface area (Å²) in [4.78, 5) is 77.1. The minimum absolute atomic E-state index is 0. The molecule has 2 fully saturated rings. The molecule has 372 valence electrons. The Kier molecular flexibility index (Phi) is 16.0. The van der Waals surface area contributed by atoms with Crippen molar-refractivity contribution >= 4 is 143 Å². The van der Waals surface area contributed by atoms with Crippen LogP contribution in [0.4, 0.5) is 26.4 Å². The van der Waals surface area contributed by atoms with Crippen LogP contribution >= 0.6 is 70.7 Å². The number of H-pyrrole nitrogens is 2. The Hall–Kier alpha value is -6.67. The molecule has 2 saturated carbocycles. The first-order valence-corrected chi connectivity index (χ1v) is 23.7. The SMILES string of the molecule is CC(C)(C)OC(=O)NCC(=O)Nc1ccc(-c2cncn2-c2n[nH]c3nc(NC(=O)C4CC4)sc23)c(Cl)c1.Cl.Cl.NCC(=O)Nc1ccc(-c2cncn2-c2n[nH]c3nc(NC(=O)C4CC4)sc23)c(Cl)c1. The highest BCUT2D eigenvalue weighted by atomic mass is 35.5. The molecule has 10 rings (SSSR count). The number of hydrogen-bond donors (Lipinski definition) is 8. The van der Waals surface area contributed by atoms with Crippen LogP contribution in [-0.4, -0.2) is 97.9 Å². The third-order valence-corrected chi connectivity index (χ3v) is 12.9. The second kappa shape index (κ2) is 21.8. The molecule has 6 heterocycles. The molecule has 22 nitrogen and oxygen atoms in total. The highest BCUT2D eigenvalue weighted by Crippen LogP contribution is 2.38. The predicted octanol–water partition coefficient (Wildman–Crippen LogP) is 7.95. The minimum atomic E-state index is -0.680. The van der Waals surface area contributed by atoms with E-state index in [0.29, 0.717) is 77.1 Å². The second-order valence-electron chi connectivity index (χ2n) is 16.9. The number of aromatic amines is 2. The smallest absolute Gasteiger partial charge is 0.408 e. The number of amides is 5. The Morgan fingerprint density at radius 3 is 1.58 bits per heavy atom. The van der Waals surface area contributed by atoms with Crippen LogP contribution in [-0.2, 0) is 23.9 Å². The molecular weight excluding hydrogens is 1040 g/mol. The van der Waals surface area contributed by atoms with Crippen LogP contribution in [0, 0.1) is 11.8 Å². The minimum Gasteiger partial charge on any atom is -0.444 e. The van der Waals surface area contributed by atoms with E-state index in [0.717, 1.165) is 35.1 Å². The van der Waals surface area contributed by atoms with Gasteiger partial charge in [-0.1, -0.05) is 45.9 Å². The molecule has 0 atom stereocenters. The molecule has 0 spiro atoms. The van der Waals surface area contributed by atoms with E-state index < -0.39 is 17.6 Å². The Balaban J connectivity index is 0.000000207. The fourth-order valence-corrected chi connectivity index (χ4v) is 9.12. The molecule has 2 aromatic carbocycles. The maximum absolute atomic E-state index is 12.3. The van der Waals surface area contributed by atoms with E-state index in [1.165, 1.54) is 22.7 Å². The third kappa shape index (κ3) is 12.3. The van der Waals surface area contributed by atoms with Gasteiger partial charge in [-0.05, 0) is 82.9 Å². The summed E-state index contributed by atoms with van der Waals surface area (Å²) >= 11 is 15.7. The number of hydrogen-bond acceptors (Lipinski definition) is 15. The van der Waals surface area contributed by atoms with E-state index in [9.17, 15) is 24.0 Å². The second-order valence-corrected chi connectivity index (χ2v) is 19.7. The van der Waals surface area contributed by atoms with Crippen molar-refractivity contribution in [2.75, 3.05) is 34.4 Å². The number of benzene rings is 2. The summed E-state index contributed by atoms with van der Waals surface area (Å²) < 4.78 is 10.2. The van der Waals surface area contributed by atoms with Crippen LogP contribution in [0.15, 0.2) is 61.4 Å². The lowest BCUT2D eigenvalue weighted by atomic mass is 10.1. The molecular formula is C43H44Cl4N16O6S2. The molecule has 5 amide bonds. The number of rotatable bonds is 13. The summed E-state index contributed by atoms with van der Waals surface area (Å²) in [6.07, 6.45) is 9.57. The Bertz CT molecular complexity index is 3270. The molecule has 2 aliphatic carbocycles. The highest BCUT2D eigenvalue weighted by Gasteiger charge is 2.32. The van der Waals surface area contributed by atoms with E-state index in [-0.39, 0.29) is 67.5 Å². The number of ether oxygens (including phenoxy) is 1. The number of carbonyl (C=O) groups excluding carboxylic acids is 5. The standard InChI is InChI=1S/C24H25ClN8O4S.C19H17ClN8O2S.2ClH/c1-24(2,3)37-23(36)27-10-17(34)28-13-6-7-14(15(25)8-13)16-9-26-11-33(16)20-18-19(31-32-20)29-22(38-18)30-21(35)12-4-5-12;20-12-5-10(23-14(29)6-21)3-4-11(12)13-7-22-8-28(13)17-15-16(26-27-17)24-19(31-15)25-18(30)9-1-2-9;;/h6-9,11-12H,4-5,10H2,1-3H3,(H,27,36)(H,28,34)(H2,29,30,31,32,35);3-5,7-9H,1-2,6,21H2,(H,23,29)(H2,24,25,26,27,30);2*1H. The fourth-order valence-electron chi connectivity index (χ4n) is 6.76. The van der Waals surface area contributed by atoms with Crippen LogP contribution in [0.5, 0.6) is 0 Å². The Morgan fingerprint density at radius 2 is 1.17 bits per heavy atom. The van der Waals surface area contributed by atoms with Gasteiger partial charge in [0, 0.05) is 34.3 Å². The first-order chi connectivity index (χ1) is 33.1. The molecule has 9 N–H and O–H groups in total. The average molecular weight is 1090 g/mol. The molecule has 2 aliphatic rings. The zero-order valence-electron chi connectivity index (χ0n) is 37.7. The van der Waals surface area contributed by atoms with Gasteiger partial charge in [-0.15, -0.1) is 24.8 Å². The van der Waals surface area contributed by atoms with Gasteiger partial charge < -0.3 is 37.1 Å². The number of nitrogens with zero attached hydrogens (tertiary/aromatic N) is 8. The normalized spacial score (nSPS) is 13.0. The quantitative estimate of drug-likeness (QED) is 0.0544. The lowest BCUT2D eigenvalue weighted by Crippen LogP contribution is -2.37. The number of imidazole rings is 2. The average Bonchev–Trinajstić information content (AvgIpc) is 3.95. The molecule has 0 bridgehead atoms. The number of nitrogens with two attached hydrogens (primary N) is 1. The van der Waals surface area contributed by atoms with Crippen molar-refractivity contribution in [2.24, 2.45) is 17.6 Å². The van der Waals surface area contributed by atoms with Crippen molar-refractivity contribution in [1.29, 1.82) is 0 Å². The lowest BCUT2D eigenvalue weighted by molar-refractivity contribution is -0.118. The molecule has 0 aliphatic heterocycles. The summed E-state index contributed by atoms with van der Waals surface area (Å²) in [5, 5.41) is 29.9. The van der Waals surface area contributed by atoms with Gasteiger partial charge in [-0.25, -0.2) is 24.7 Å². The third-order valence-electron chi connectivity index (χ3n) is 10.3. The number of nitrogens with one attached hydrogen (secondary N) is 7. The number of alkyl carbamates (subject to hydrolysis) is 1. The number of fused-ring (bicyclic) bond motifs is 2. The first kappa shape index (κ1) is 52.2. The monoisotopic (exact) mass is 1080 g/mol. The predicted molar refractivity (Wildman–Crippen MR) is 276 cm³/mol. The lowest BCUT2D eigenvalue weighted by Gasteiger charge is -2.19. The summed E-state index contributed by atoms with van der Waals surface area (Å²) in [6, 6.07) is 10.2. The van der Waals surface area contributed by atoms with Gasteiger partial charge in [0.05, 0.1) is 40.4 Å². The largest absolute Gasteiger partial charge is 0.444 e. The molecule has 0 radical (unpaired) electrons. The van der Waals surface area contributed by atoms with Gasteiger partial charge in [-0.3, -0.25) is 38.5 Å². The van der Waals surface area contributed by atoms with Crippen molar-refractivity contribution in [3.8, 4) is 34.2 Å². The van der Waals surface area contributed by atoms with Gasteiger partial charge in [0.1, 0.15) is 34.2 Å². The van der Waals surface area contributed by atoms with Gasteiger partial charge >= 0.3 is 6.09 Å². The van der Waals surface area contributed by atoms with Gasteiger partial charge in [0.15, 0.2) is 33.2 Å². The summed E-state index contributed by atoms with van der Waals surface area (Å²) in [5.74, 6) is 0.593. The molecule has 0 saturated heterocycles. The molecule has 0 unspecified atom stereocenters. The van der Waals surface area contributed by atoms with E-state index in [2.05, 4.69) is 66.9 Å². The number of carbonyl (C=O) groups is 5. The molecule has 6 aromatic heterocycles. The molecule has 71 heavy (non-hydrogen) atoms. The van der Waals surface area contributed by atoms with Crippen LogP contribution in [0.2, 0.25) is 10.0 Å². The maximum Gasteiger partial charge on any atom is 0.408 e. The highest BCUT2D eigenvalue weighted by molar-refractivity contribution is 7.23. The summed E-state index contributed by atoms with van der Waals surface area (Å²) in [7, 11) is 0. The van der Waals surface area contributed by atoms with Gasteiger partial charge in [0.25, 0.3) is 0 Å². The van der Waals surface area contributed by atoms with Crippen LogP contribution in [0.25, 0.3) is 54.8 Å². The van der Waals surface area contributed by atoms with Crippen LogP contribution in [0.1, 0.15) is 46.5 Å². The van der Waals surface area contributed by atoms with E-state index in [4.69, 9.17) is 33.7 Å². The Morgan fingerprint density at radius 1 is 0.718 bits per heavy atom. The first-order valence-electron chi connectivity index (χ1n) is 21.3. The number of anilines is 4. The van der Waals surface area contributed by atoms with Crippen molar-refractivity contribution in [3.05, 3.63) is 71.5 Å². The van der Waals surface area contributed by atoms with Gasteiger partial charge in [0.2, 0.25) is 23.6 Å². The van der Waals surface area contributed by atoms with Crippen LogP contribution < -0.4 is 32.3 Å². The van der Waals surface area contributed by atoms with Crippen molar-refractivity contribution in [2.45, 2.75) is 52.1 Å². The van der Waals surface area contributed by atoms with Crippen molar-refractivity contribution in [3.63, 3.8) is 0 Å². The molecule has 28 heteroatoms. The number of thiazole rings is 2. The Labute approximate surface area is 433 Å². The van der Waals surface area contributed by atoms with Crippen LogP contribution in [0.3, 0.4) is 0 Å². The summed E-state index contributed by atoms with van der Waals surface area (Å²) in [6.45, 7) is 4.84. The zero-order chi connectivity index (χ0) is 48.6. The van der Waals surface area contributed by atoms with Gasteiger partial charge in [-0.2, -0.15) is 10.2 Å². The fraction of sp³-hybridized carbons (Fsp3) is 0.279. The maximum atomic E-state index is 12.3.